The largest absolute Gasteiger partial charge is 0.308 e. The molecular formula is C12H20N4O2S. The predicted molar refractivity (Wildman–Crippen MR) is 73.8 cm³/mol. The number of sulfonamides is 1. The maximum Gasteiger partial charge on any atom is 0.242 e. The van der Waals surface area contributed by atoms with Crippen molar-refractivity contribution in [2.24, 2.45) is 11.3 Å². The third-order valence-corrected chi connectivity index (χ3v) is 4.96. The number of anilines is 1. The van der Waals surface area contributed by atoms with Crippen molar-refractivity contribution < 1.29 is 8.42 Å². The van der Waals surface area contributed by atoms with E-state index in [1.54, 1.807) is 0 Å². The number of pyridine rings is 1. The molecule has 0 atom stereocenters. The van der Waals surface area contributed by atoms with Gasteiger partial charge in [0.15, 0.2) is 0 Å². The third-order valence-electron chi connectivity index (χ3n) is 3.57. The summed E-state index contributed by atoms with van der Waals surface area (Å²) < 4.78 is 26.9. The second-order valence-corrected chi connectivity index (χ2v) is 6.86. The molecule has 0 radical (unpaired) electrons. The number of rotatable bonds is 7. The van der Waals surface area contributed by atoms with Crippen molar-refractivity contribution in [3.8, 4) is 0 Å². The molecule has 0 aromatic carbocycles. The number of nitrogens with one attached hydrogen (secondary N) is 2. The summed E-state index contributed by atoms with van der Waals surface area (Å²) in [6.45, 7) is 2.64. The number of hydrogen-bond donors (Lipinski definition) is 3. The summed E-state index contributed by atoms with van der Waals surface area (Å²) in [6, 6.07) is 3.03. The number of nitrogen functional groups attached to an aromatic ring is 1. The number of nitrogens with zero attached hydrogens (tertiary/aromatic N) is 1. The Kier molecular flexibility index (Phi) is 4.07. The number of aromatic nitrogens is 1. The summed E-state index contributed by atoms with van der Waals surface area (Å²) in [6.07, 6.45) is 5.68. The first-order valence-electron chi connectivity index (χ1n) is 6.44. The Bertz CT molecular complexity index is 523. The molecule has 1 saturated carbocycles. The third kappa shape index (κ3) is 3.43. The highest BCUT2D eigenvalue weighted by molar-refractivity contribution is 7.89. The van der Waals surface area contributed by atoms with Crippen LogP contribution in [0.2, 0.25) is 0 Å². The van der Waals surface area contributed by atoms with E-state index in [1.165, 1.54) is 18.3 Å². The van der Waals surface area contributed by atoms with E-state index >= 15 is 0 Å². The van der Waals surface area contributed by atoms with Crippen molar-refractivity contribution in [3.63, 3.8) is 0 Å². The van der Waals surface area contributed by atoms with Gasteiger partial charge in [-0.25, -0.2) is 24.0 Å². The van der Waals surface area contributed by atoms with Crippen molar-refractivity contribution in [3.05, 3.63) is 18.3 Å². The van der Waals surface area contributed by atoms with Crippen molar-refractivity contribution in [2.75, 3.05) is 12.0 Å². The summed E-state index contributed by atoms with van der Waals surface area (Å²) in [5.74, 6) is 5.62. The van der Waals surface area contributed by atoms with E-state index in [1.807, 2.05) is 0 Å². The zero-order valence-corrected chi connectivity index (χ0v) is 11.8. The monoisotopic (exact) mass is 284 g/mol. The predicted octanol–water partition coefficient (Wildman–Crippen LogP) is 1.23. The van der Waals surface area contributed by atoms with Crippen LogP contribution >= 0.6 is 0 Å². The van der Waals surface area contributed by atoms with E-state index in [0.717, 1.165) is 25.7 Å². The molecule has 106 valence electrons. The summed E-state index contributed by atoms with van der Waals surface area (Å²) in [5, 5.41) is 0. The Balaban J connectivity index is 2.01. The van der Waals surface area contributed by atoms with Crippen LogP contribution < -0.4 is 16.0 Å². The normalized spacial score (nSPS) is 17.2. The zero-order chi connectivity index (χ0) is 13.9. The van der Waals surface area contributed by atoms with Crippen LogP contribution in [-0.2, 0) is 10.0 Å². The summed E-state index contributed by atoms with van der Waals surface area (Å²) in [4.78, 5) is 4.07. The molecule has 1 aliphatic carbocycles. The molecular weight excluding hydrogens is 264 g/mol. The summed E-state index contributed by atoms with van der Waals surface area (Å²) >= 11 is 0. The first kappa shape index (κ1) is 14.2. The standard InChI is InChI=1S/C12H20N4O2S/c1-2-5-12(6-7-12)9-15-19(17,18)10-3-4-11(16-13)14-8-10/h3-4,8,15H,2,5-7,9,13H2,1H3,(H,14,16). The fraction of sp³-hybridized carbons (Fsp3) is 0.583. The first-order valence-corrected chi connectivity index (χ1v) is 7.92. The molecule has 4 N–H and O–H groups in total. The van der Waals surface area contributed by atoms with Crippen LogP contribution in [0.25, 0.3) is 0 Å². The number of hydrogen-bond acceptors (Lipinski definition) is 5. The van der Waals surface area contributed by atoms with E-state index in [4.69, 9.17) is 5.84 Å². The lowest BCUT2D eigenvalue weighted by Gasteiger charge is -2.15. The van der Waals surface area contributed by atoms with Crippen molar-refractivity contribution in [2.45, 2.75) is 37.5 Å². The fourth-order valence-electron chi connectivity index (χ4n) is 2.18. The van der Waals surface area contributed by atoms with Gasteiger partial charge in [0.1, 0.15) is 10.7 Å². The van der Waals surface area contributed by atoms with E-state index in [2.05, 4.69) is 22.1 Å². The lowest BCUT2D eigenvalue weighted by molar-refractivity contribution is 0.449. The zero-order valence-electron chi connectivity index (χ0n) is 11.0. The van der Waals surface area contributed by atoms with Gasteiger partial charge in [-0.1, -0.05) is 13.3 Å². The van der Waals surface area contributed by atoms with Crippen molar-refractivity contribution >= 4 is 15.8 Å². The SMILES string of the molecule is CCCC1(CNS(=O)(=O)c2ccc(NN)nc2)CC1. The molecule has 0 spiro atoms. The Labute approximate surface area is 113 Å². The average Bonchev–Trinajstić information content (AvgIpc) is 3.18. The molecule has 7 heteroatoms. The highest BCUT2D eigenvalue weighted by Gasteiger charge is 2.42. The van der Waals surface area contributed by atoms with Gasteiger partial charge in [0, 0.05) is 12.7 Å². The van der Waals surface area contributed by atoms with E-state index in [9.17, 15) is 8.42 Å². The smallest absolute Gasteiger partial charge is 0.242 e. The molecule has 0 unspecified atom stereocenters. The molecule has 0 amide bonds. The van der Waals surface area contributed by atoms with E-state index < -0.39 is 10.0 Å². The Hall–Kier alpha value is -1.18. The Morgan fingerprint density at radius 3 is 2.63 bits per heavy atom. The minimum absolute atomic E-state index is 0.166. The Morgan fingerprint density at radius 1 is 1.42 bits per heavy atom. The van der Waals surface area contributed by atoms with Gasteiger partial charge in [0.2, 0.25) is 10.0 Å². The second-order valence-electron chi connectivity index (χ2n) is 5.10. The number of hydrazine groups is 1. The molecule has 1 aromatic heterocycles. The van der Waals surface area contributed by atoms with Gasteiger partial charge >= 0.3 is 0 Å². The molecule has 1 aliphatic rings. The molecule has 0 bridgehead atoms. The maximum atomic E-state index is 12.1. The minimum atomic E-state index is -3.48. The molecule has 0 aliphatic heterocycles. The quantitative estimate of drug-likeness (QED) is 0.517. The lowest BCUT2D eigenvalue weighted by atomic mass is 10.0. The highest BCUT2D eigenvalue weighted by Crippen LogP contribution is 2.49. The van der Waals surface area contributed by atoms with Gasteiger partial charge in [-0.2, -0.15) is 0 Å². The van der Waals surface area contributed by atoms with Crippen molar-refractivity contribution in [1.82, 2.24) is 9.71 Å². The fourth-order valence-corrected chi connectivity index (χ4v) is 3.28. The van der Waals surface area contributed by atoms with Crippen LogP contribution in [0.3, 0.4) is 0 Å². The summed E-state index contributed by atoms with van der Waals surface area (Å²) in [5.41, 5.74) is 2.55. The van der Waals surface area contributed by atoms with E-state index in [-0.39, 0.29) is 10.3 Å². The Morgan fingerprint density at radius 2 is 2.16 bits per heavy atom. The van der Waals surface area contributed by atoms with Crippen LogP contribution in [-0.4, -0.2) is 19.9 Å². The molecule has 1 aromatic rings. The lowest BCUT2D eigenvalue weighted by Crippen LogP contribution is -2.30. The molecule has 0 saturated heterocycles. The molecule has 2 rings (SSSR count). The first-order chi connectivity index (χ1) is 9.01. The second kappa shape index (κ2) is 5.44. The van der Waals surface area contributed by atoms with Crippen molar-refractivity contribution in [1.29, 1.82) is 0 Å². The van der Waals surface area contributed by atoms with E-state index in [0.29, 0.717) is 12.4 Å². The highest BCUT2D eigenvalue weighted by atomic mass is 32.2. The molecule has 1 fully saturated rings. The van der Waals surface area contributed by atoms with Crippen LogP contribution in [0.4, 0.5) is 5.82 Å². The minimum Gasteiger partial charge on any atom is -0.308 e. The van der Waals surface area contributed by atoms with Crippen LogP contribution in [0, 0.1) is 5.41 Å². The molecule has 19 heavy (non-hydrogen) atoms. The summed E-state index contributed by atoms with van der Waals surface area (Å²) in [7, 11) is -3.48. The van der Waals surface area contributed by atoms with Crippen LogP contribution in [0.1, 0.15) is 32.6 Å². The van der Waals surface area contributed by atoms with Gasteiger partial charge in [-0.05, 0) is 36.8 Å². The average molecular weight is 284 g/mol. The van der Waals surface area contributed by atoms with Gasteiger partial charge in [0.05, 0.1) is 0 Å². The van der Waals surface area contributed by atoms with Crippen LogP contribution in [0.5, 0.6) is 0 Å². The molecule has 6 nitrogen and oxygen atoms in total. The van der Waals surface area contributed by atoms with Gasteiger partial charge in [-0.15, -0.1) is 0 Å². The van der Waals surface area contributed by atoms with Gasteiger partial charge in [0.25, 0.3) is 0 Å². The van der Waals surface area contributed by atoms with Gasteiger partial charge < -0.3 is 5.43 Å². The topological polar surface area (TPSA) is 97.1 Å². The molecule has 1 heterocycles. The van der Waals surface area contributed by atoms with Gasteiger partial charge in [-0.3, -0.25) is 0 Å². The maximum absolute atomic E-state index is 12.1. The van der Waals surface area contributed by atoms with Crippen LogP contribution in [0.15, 0.2) is 23.2 Å². The number of nitrogens with two attached hydrogens (primary N) is 1.